The molecular weight excluding hydrogens is 335 g/mol. The molecule has 0 radical (unpaired) electrons. The maximum Gasteiger partial charge on any atom is 0.339 e. The lowest BCUT2D eigenvalue weighted by Gasteiger charge is -2.24. The average molecular weight is 356 g/mol. The Morgan fingerprint density at radius 2 is 1.96 bits per heavy atom. The lowest BCUT2D eigenvalue weighted by Crippen LogP contribution is -2.42. The van der Waals surface area contributed by atoms with E-state index in [-0.39, 0.29) is 11.7 Å². The summed E-state index contributed by atoms with van der Waals surface area (Å²) in [5, 5.41) is 2.79. The SMILES string of the molecule is CN(CCCNC(=O)[C@H]1Cc2ccccc2C(=O)O1)c1ccccc1F. The molecule has 2 aromatic rings. The zero-order chi connectivity index (χ0) is 18.5. The normalized spacial score (nSPS) is 15.8. The second-order valence-electron chi connectivity index (χ2n) is 6.27. The topological polar surface area (TPSA) is 58.6 Å². The van der Waals surface area contributed by atoms with Crippen LogP contribution < -0.4 is 10.2 Å². The first-order valence-corrected chi connectivity index (χ1v) is 8.58. The Labute approximate surface area is 151 Å². The number of rotatable bonds is 6. The zero-order valence-corrected chi connectivity index (χ0v) is 14.6. The standard InChI is InChI=1S/C20H21FN2O3/c1-23(17-10-5-4-9-16(17)21)12-6-11-22-19(24)18-13-14-7-2-3-8-15(14)20(25)26-18/h2-5,7-10,18H,6,11-13H2,1H3,(H,22,24)/t18-/m1/s1. The number of nitrogens with one attached hydrogen (secondary N) is 1. The minimum Gasteiger partial charge on any atom is -0.448 e. The number of hydrogen-bond acceptors (Lipinski definition) is 4. The molecule has 0 bridgehead atoms. The number of carbonyl (C=O) groups excluding carboxylic acids is 2. The van der Waals surface area contributed by atoms with E-state index in [1.54, 1.807) is 42.3 Å². The number of cyclic esters (lactones) is 1. The molecule has 26 heavy (non-hydrogen) atoms. The smallest absolute Gasteiger partial charge is 0.339 e. The van der Waals surface area contributed by atoms with Gasteiger partial charge in [0.2, 0.25) is 0 Å². The summed E-state index contributed by atoms with van der Waals surface area (Å²) in [7, 11) is 1.81. The van der Waals surface area contributed by atoms with Crippen LogP contribution in [0.4, 0.5) is 10.1 Å². The number of halogens is 1. The van der Waals surface area contributed by atoms with Crippen LogP contribution in [0.25, 0.3) is 0 Å². The van der Waals surface area contributed by atoms with Crippen molar-refractivity contribution >= 4 is 17.6 Å². The Kier molecular flexibility index (Phi) is 5.51. The van der Waals surface area contributed by atoms with E-state index < -0.39 is 12.1 Å². The summed E-state index contributed by atoms with van der Waals surface area (Å²) in [6.07, 6.45) is 0.221. The molecule has 5 nitrogen and oxygen atoms in total. The highest BCUT2D eigenvalue weighted by Crippen LogP contribution is 2.20. The van der Waals surface area contributed by atoms with Crippen LogP contribution in [-0.2, 0) is 16.0 Å². The summed E-state index contributed by atoms with van der Waals surface area (Å²) in [6.45, 7) is 1.02. The number of nitrogens with zero attached hydrogens (tertiary/aromatic N) is 1. The molecule has 0 saturated heterocycles. The second-order valence-corrected chi connectivity index (χ2v) is 6.27. The number of esters is 1. The quantitative estimate of drug-likeness (QED) is 0.638. The molecule has 0 fully saturated rings. The number of anilines is 1. The first-order chi connectivity index (χ1) is 12.6. The van der Waals surface area contributed by atoms with Crippen molar-refractivity contribution in [1.82, 2.24) is 5.32 Å². The number of amides is 1. The first kappa shape index (κ1) is 17.9. The maximum atomic E-state index is 13.7. The van der Waals surface area contributed by atoms with Crippen molar-refractivity contribution in [2.75, 3.05) is 25.0 Å². The van der Waals surface area contributed by atoms with Crippen molar-refractivity contribution in [2.24, 2.45) is 0 Å². The Hall–Kier alpha value is -2.89. The van der Waals surface area contributed by atoms with Crippen molar-refractivity contribution in [2.45, 2.75) is 18.9 Å². The van der Waals surface area contributed by atoms with Crippen LogP contribution >= 0.6 is 0 Å². The molecule has 0 saturated carbocycles. The summed E-state index contributed by atoms with van der Waals surface area (Å²) < 4.78 is 18.9. The molecule has 3 rings (SSSR count). The van der Waals surface area contributed by atoms with E-state index in [2.05, 4.69) is 5.32 Å². The average Bonchev–Trinajstić information content (AvgIpc) is 2.65. The van der Waals surface area contributed by atoms with Gasteiger partial charge in [-0.1, -0.05) is 30.3 Å². The van der Waals surface area contributed by atoms with Crippen molar-refractivity contribution in [3.8, 4) is 0 Å². The predicted molar refractivity (Wildman–Crippen MR) is 96.6 cm³/mol. The molecule has 1 amide bonds. The molecular formula is C20H21FN2O3. The van der Waals surface area contributed by atoms with Gasteiger partial charge in [-0.3, -0.25) is 4.79 Å². The van der Waals surface area contributed by atoms with E-state index in [0.717, 1.165) is 5.56 Å². The van der Waals surface area contributed by atoms with Crippen LogP contribution in [0.2, 0.25) is 0 Å². The number of benzene rings is 2. The highest BCUT2D eigenvalue weighted by molar-refractivity contribution is 5.95. The third-order valence-corrected chi connectivity index (χ3v) is 4.42. The molecule has 1 heterocycles. The van der Waals surface area contributed by atoms with Gasteiger partial charge in [-0.05, 0) is 30.2 Å². The van der Waals surface area contributed by atoms with Gasteiger partial charge in [0.15, 0.2) is 6.10 Å². The number of hydrogen-bond donors (Lipinski definition) is 1. The van der Waals surface area contributed by atoms with Gasteiger partial charge in [-0.2, -0.15) is 0 Å². The van der Waals surface area contributed by atoms with Gasteiger partial charge in [-0.25, -0.2) is 9.18 Å². The fourth-order valence-corrected chi connectivity index (χ4v) is 3.00. The number of fused-ring (bicyclic) bond motifs is 1. The van der Waals surface area contributed by atoms with Crippen LogP contribution in [0, 0.1) is 5.82 Å². The van der Waals surface area contributed by atoms with E-state index >= 15 is 0 Å². The van der Waals surface area contributed by atoms with Crippen molar-refractivity contribution in [3.05, 3.63) is 65.5 Å². The van der Waals surface area contributed by atoms with Crippen LogP contribution in [0.1, 0.15) is 22.3 Å². The summed E-state index contributed by atoms with van der Waals surface area (Å²) in [4.78, 5) is 26.0. The predicted octanol–water partition coefficient (Wildman–Crippen LogP) is 2.55. The second kappa shape index (κ2) is 7.99. The van der Waals surface area contributed by atoms with Crippen molar-refractivity contribution < 1.29 is 18.7 Å². The Morgan fingerprint density at radius 3 is 2.77 bits per heavy atom. The molecule has 1 aliphatic heterocycles. The zero-order valence-electron chi connectivity index (χ0n) is 14.6. The molecule has 0 aliphatic carbocycles. The first-order valence-electron chi connectivity index (χ1n) is 8.58. The van der Waals surface area contributed by atoms with E-state index in [9.17, 15) is 14.0 Å². The maximum absolute atomic E-state index is 13.7. The lowest BCUT2D eigenvalue weighted by molar-refractivity contribution is -0.130. The molecule has 2 aromatic carbocycles. The summed E-state index contributed by atoms with van der Waals surface area (Å²) >= 11 is 0. The van der Waals surface area contributed by atoms with Crippen molar-refractivity contribution in [3.63, 3.8) is 0 Å². The fourth-order valence-electron chi connectivity index (χ4n) is 3.00. The van der Waals surface area contributed by atoms with Crippen LogP contribution in [-0.4, -0.2) is 38.1 Å². The van der Waals surface area contributed by atoms with Crippen LogP contribution in [0.15, 0.2) is 48.5 Å². The Morgan fingerprint density at radius 1 is 1.23 bits per heavy atom. The number of carbonyl (C=O) groups is 2. The fraction of sp³-hybridized carbons (Fsp3) is 0.300. The van der Waals surface area contributed by atoms with E-state index in [4.69, 9.17) is 4.74 Å². The van der Waals surface area contributed by atoms with E-state index in [0.29, 0.717) is 37.2 Å². The third-order valence-electron chi connectivity index (χ3n) is 4.42. The van der Waals surface area contributed by atoms with E-state index in [1.165, 1.54) is 6.07 Å². The van der Waals surface area contributed by atoms with Gasteiger partial charge in [0.1, 0.15) is 5.82 Å². The van der Waals surface area contributed by atoms with Gasteiger partial charge >= 0.3 is 5.97 Å². The molecule has 0 aromatic heterocycles. The van der Waals surface area contributed by atoms with Crippen molar-refractivity contribution in [1.29, 1.82) is 0 Å². The molecule has 1 atom stereocenters. The summed E-state index contributed by atoms with van der Waals surface area (Å²) in [6, 6.07) is 13.7. The monoisotopic (exact) mass is 356 g/mol. The summed E-state index contributed by atoms with van der Waals surface area (Å²) in [5.41, 5.74) is 1.86. The lowest BCUT2D eigenvalue weighted by atomic mass is 9.98. The highest BCUT2D eigenvalue weighted by Gasteiger charge is 2.30. The van der Waals surface area contributed by atoms with Gasteiger partial charge in [-0.15, -0.1) is 0 Å². The summed E-state index contributed by atoms with van der Waals surface area (Å²) in [5.74, 6) is -1.04. The molecule has 0 spiro atoms. The molecule has 1 aliphatic rings. The highest BCUT2D eigenvalue weighted by atomic mass is 19.1. The van der Waals surface area contributed by atoms with Crippen LogP contribution in [0.5, 0.6) is 0 Å². The minimum atomic E-state index is -0.804. The Bertz CT molecular complexity index is 809. The third kappa shape index (κ3) is 4.02. The van der Waals surface area contributed by atoms with E-state index in [1.807, 2.05) is 12.1 Å². The molecule has 1 N–H and O–H groups in total. The molecule has 0 unspecified atom stereocenters. The van der Waals surface area contributed by atoms with Gasteiger partial charge in [0, 0.05) is 26.6 Å². The van der Waals surface area contributed by atoms with Crippen LogP contribution in [0.3, 0.4) is 0 Å². The molecule has 136 valence electrons. The van der Waals surface area contributed by atoms with Gasteiger partial charge < -0.3 is 15.0 Å². The Balaban J connectivity index is 1.46. The number of ether oxygens (including phenoxy) is 1. The van der Waals surface area contributed by atoms with Gasteiger partial charge in [0.05, 0.1) is 11.3 Å². The van der Waals surface area contributed by atoms with Gasteiger partial charge in [0.25, 0.3) is 5.91 Å². The largest absolute Gasteiger partial charge is 0.448 e. The molecule has 6 heteroatoms. The number of para-hydroxylation sites is 1. The minimum absolute atomic E-state index is 0.271.